The molecule has 0 amide bonds. The lowest BCUT2D eigenvalue weighted by molar-refractivity contribution is -0.402. The third-order valence-electron chi connectivity index (χ3n) is 1.00. The summed E-state index contributed by atoms with van der Waals surface area (Å²) in [6, 6.07) is 0. The highest BCUT2D eigenvalue weighted by Gasteiger charge is 1.87. The van der Waals surface area contributed by atoms with E-state index in [1.54, 1.807) is 6.08 Å². The number of rotatable bonds is 7. The van der Waals surface area contributed by atoms with Gasteiger partial charge in [-0.2, -0.15) is 0 Å². The molecule has 0 saturated heterocycles. The van der Waals surface area contributed by atoms with E-state index in [-0.39, 0.29) is 0 Å². The van der Waals surface area contributed by atoms with Crippen LogP contribution in [0.3, 0.4) is 0 Å². The van der Waals surface area contributed by atoms with Gasteiger partial charge in [-0.05, 0) is 18.9 Å². The fraction of sp³-hybridized carbons (Fsp3) is 0.375. The van der Waals surface area contributed by atoms with Gasteiger partial charge < -0.3 is 4.74 Å². The number of ether oxygens (including phenoxy) is 1. The molecule has 0 rings (SSSR count). The van der Waals surface area contributed by atoms with Gasteiger partial charge in [0, 0.05) is 0 Å². The lowest BCUT2D eigenvalue weighted by atomic mass is 10.3. The van der Waals surface area contributed by atoms with Crippen molar-refractivity contribution in [3.8, 4) is 0 Å². The lowest BCUT2D eigenvalue weighted by Crippen LogP contribution is -1.93. The molecule has 0 atom stereocenters. The average Bonchev–Trinajstić information content (AvgIpc) is 2.02. The maximum atomic E-state index is 9.79. The summed E-state index contributed by atoms with van der Waals surface area (Å²) < 4.78 is 5.01. The van der Waals surface area contributed by atoms with Crippen molar-refractivity contribution in [1.29, 1.82) is 0 Å². The van der Waals surface area contributed by atoms with Crippen molar-refractivity contribution in [3.05, 3.63) is 41.5 Å². The number of hydrogen-bond acceptors (Lipinski definition) is 3. The van der Waals surface area contributed by atoms with Crippen LogP contribution in [-0.4, -0.2) is 18.1 Å². The molecule has 0 saturated carbocycles. The Morgan fingerprint density at radius 3 is 2.83 bits per heavy atom. The minimum Gasteiger partial charge on any atom is -0.377 e. The fourth-order valence-corrected chi connectivity index (χ4v) is 0.546. The van der Waals surface area contributed by atoms with Crippen LogP contribution in [0.4, 0.5) is 0 Å². The van der Waals surface area contributed by atoms with Gasteiger partial charge in [-0.25, -0.2) is 0 Å². The van der Waals surface area contributed by atoms with Crippen molar-refractivity contribution in [3.63, 3.8) is 0 Å². The summed E-state index contributed by atoms with van der Waals surface area (Å²) in [5.74, 6) is 0. The second-order valence-electron chi connectivity index (χ2n) is 2.02. The smallest absolute Gasteiger partial charge is 0.230 e. The number of nitro groups is 1. The molecule has 0 aromatic rings. The molecule has 0 spiro atoms. The van der Waals surface area contributed by atoms with Crippen molar-refractivity contribution in [2.24, 2.45) is 0 Å². The minimum absolute atomic E-state index is 0.488. The van der Waals surface area contributed by atoms with E-state index in [1.165, 1.54) is 6.08 Å². The van der Waals surface area contributed by atoms with E-state index >= 15 is 0 Å². The zero-order valence-corrected chi connectivity index (χ0v) is 6.81. The van der Waals surface area contributed by atoms with Crippen LogP contribution in [0, 0.1) is 16.5 Å². The van der Waals surface area contributed by atoms with Gasteiger partial charge in [0.25, 0.3) is 0 Å². The molecule has 0 aliphatic carbocycles. The molecule has 0 aliphatic rings. The van der Waals surface area contributed by atoms with Crippen molar-refractivity contribution in [2.75, 3.05) is 13.2 Å². The van der Waals surface area contributed by atoms with Crippen LogP contribution in [0.1, 0.15) is 6.42 Å². The topological polar surface area (TPSA) is 52.4 Å². The van der Waals surface area contributed by atoms with Gasteiger partial charge >= 0.3 is 0 Å². The molecule has 0 N–H and O–H groups in total. The van der Waals surface area contributed by atoms with E-state index in [4.69, 9.17) is 4.74 Å². The predicted molar refractivity (Wildman–Crippen MR) is 46.1 cm³/mol. The number of unbranched alkanes of at least 4 members (excludes halogenated alkanes) is 1. The summed E-state index contributed by atoms with van der Waals surface area (Å²) >= 11 is 0. The maximum absolute atomic E-state index is 9.79. The van der Waals surface area contributed by atoms with E-state index in [9.17, 15) is 10.1 Å². The summed E-state index contributed by atoms with van der Waals surface area (Å²) in [4.78, 5) is 9.31. The number of hydrogen-bond donors (Lipinski definition) is 0. The maximum Gasteiger partial charge on any atom is 0.230 e. The van der Waals surface area contributed by atoms with Crippen molar-refractivity contribution in [2.45, 2.75) is 6.42 Å². The molecule has 4 heteroatoms. The molecular weight excluding hydrogens is 158 g/mol. The first-order valence-corrected chi connectivity index (χ1v) is 3.58. The van der Waals surface area contributed by atoms with Crippen LogP contribution < -0.4 is 0 Å². The molecule has 0 aromatic heterocycles. The Labute approximate surface area is 71.7 Å². The molecule has 67 valence electrons. The molecule has 1 radical (unpaired) electrons. The molecule has 0 fully saturated rings. The van der Waals surface area contributed by atoms with Crippen LogP contribution >= 0.6 is 0 Å². The third-order valence-corrected chi connectivity index (χ3v) is 1.00. The fourth-order valence-electron chi connectivity index (χ4n) is 0.546. The zero-order valence-electron chi connectivity index (χ0n) is 6.81. The van der Waals surface area contributed by atoms with Crippen LogP contribution in [0.15, 0.2) is 24.9 Å². The van der Waals surface area contributed by atoms with E-state index in [0.717, 1.165) is 6.20 Å². The number of nitrogens with zero attached hydrogens (tertiary/aromatic N) is 1. The Bertz CT molecular complexity index is 166. The Hall–Kier alpha value is -1.16. The summed E-state index contributed by atoms with van der Waals surface area (Å²) in [5, 5.41) is 9.79. The molecule has 0 bridgehead atoms. The van der Waals surface area contributed by atoms with E-state index in [2.05, 4.69) is 6.58 Å². The third kappa shape index (κ3) is 8.84. The molecule has 0 aromatic carbocycles. The number of allylic oxidation sites excluding steroid dienone is 1. The van der Waals surface area contributed by atoms with Crippen molar-refractivity contribution in [1.82, 2.24) is 0 Å². The van der Waals surface area contributed by atoms with E-state index in [1.807, 2.05) is 6.42 Å². The first-order valence-electron chi connectivity index (χ1n) is 3.58. The quantitative estimate of drug-likeness (QED) is 0.252. The standard InChI is InChI=1S/C8H12NO3/c1-2-7-12-8-5-3-4-6-9(10)11/h2,4-6H,1,3,7-8H2/b6-4+. The second kappa shape index (κ2) is 7.94. The van der Waals surface area contributed by atoms with Crippen molar-refractivity contribution >= 4 is 0 Å². The van der Waals surface area contributed by atoms with Crippen molar-refractivity contribution < 1.29 is 9.66 Å². The SMILES string of the molecule is C=CCOC[CH]C/C=C/[N+](=O)[O-]. The van der Waals surface area contributed by atoms with Gasteiger partial charge in [0.15, 0.2) is 0 Å². The normalized spacial score (nSPS) is 10.3. The van der Waals surface area contributed by atoms with Gasteiger partial charge in [-0.3, -0.25) is 10.1 Å². The molecule has 0 heterocycles. The summed E-state index contributed by atoms with van der Waals surface area (Å²) in [7, 11) is 0. The summed E-state index contributed by atoms with van der Waals surface area (Å²) in [6.45, 7) is 4.48. The monoisotopic (exact) mass is 170 g/mol. The van der Waals surface area contributed by atoms with Crippen LogP contribution in [-0.2, 0) is 4.74 Å². The Balaban J connectivity index is 3.10. The molecule has 0 unspecified atom stereocenters. The lowest BCUT2D eigenvalue weighted by Gasteiger charge is -1.96. The molecular formula is C8H12NO3. The Morgan fingerprint density at radius 2 is 2.25 bits per heavy atom. The van der Waals surface area contributed by atoms with Crippen LogP contribution in [0.25, 0.3) is 0 Å². The zero-order chi connectivity index (χ0) is 9.23. The highest BCUT2D eigenvalue weighted by molar-refractivity contribution is 4.81. The summed E-state index contributed by atoms with van der Waals surface area (Å²) in [5.41, 5.74) is 0. The van der Waals surface area contributed by atoms with E-state index < -0.39 is 4.92 Å². The molecule has 12 heavy (non-hydrogen) atoms. The first kappa shape index (κ1) is 10.8. The minimum atomic E-state index is -0.488. The van der Waals surface area contributed by atoms with Crippen LogP contribution in [0.2, 0.25) is 0 Å². The van der Waals surface area contributed by atoms with Gasteiger partial charge in [-0.15, -0.1) is 6.58 Å². The van der Waals surface area contributed by atoms with Gasteiger partial charge in [0.2, 0.25) is 6.20 Å². The van der Waals surface area contributed by atoms with Gasteiger partial charge in [-0.1, -0.05) is 6.08 Å². The molecule has 0 aliphatic heterocycles. The van der Waals surface area contributed by atoms with E-state index in [0.29, 0.717) is 19.6 Å². The highest BCUT2D eigenvalue weighted by atomic mass is 16.6. The molecule has 4 nitrogen and oxygen atoms in total. The Morgan fingerprint density at radius 1 is 1.50 bits per heavy atom. The predicted octanol–water partition coefficient (Wildman–Crippen LogP) is 1.57. The first-order chi connectivity index (χ1) is 5.77. The average molecular weight is 170 g/mol. The second-order valence-corrected chi connectivity index (χ2v) is 2.02. The Kier molecular flexibility index (Phi) is 7.17. The van der Waals surface area contributed by atoms with Crippen LogP contribution in [0.5, 0.6) is 0 Å². The highest BCUT2D eigenvalue weighted by Crippen LogP contribution is 1.90. The van der Waals surface area contributed by atoms with Gasteiger partial charge in [0.1, 0.15) is 0 Å². The largest absolute Gasteiger partial charge is 0.377 e. The van der Waals surface area contributed by atoms with Gasteiger partial charge in [0.05, 0.1) is 18.1 Å². The summed E-state index contributed by atoms with van der Waals surface area (Å²) in [6.07, 6.45) is 6.41.